The van der Waals surface area contributed by atoms with Crippen LogP contribution in [0.1, 0.15) is 47.4 Å². The van der Waals surface area contributed by atoms with Gasteiger partial charge in [-0.25, -0.2) is 0 Å². The Morgan fingerprint density at radius 3 is 2.70 bits per heavy atom. The first-order valence-corrected chi connectivity index (χ1v) is 7.69. The summed E-state index contributed by atoms with van der Waals surface area (Å²) in [5.74, 6) is -0.622. The molecule has 0 bridgehead atoms. The number of H-pyrrole nitrogens is 1. The number of aromatic amines is 1. The number of aromatic nitrogens is 4. The molecule has 0 amide bonds. The molecule has 0 unspecified atom stereocenters. The maximum absolute atomic E-state index is 12.5. The van der Waals surface area contributed by atoms with E-state index in [2.05, 4.69) is 20.3 Å². The Morgan fingerprint density at radius 2 is 2.00 bits per heavy atom. The molecule has 0 spiro atoms. The summed E-state index contributed by atoms with van der Waals surface area (Å²) in [5, 5.41) is 10.5. The molecule has 3 heterocycles. The van der Waals surface area contributed by atoms with Crippen molar-refractivity contribution in [1.29, 1.82) is 0 Å². The van der Waals surface area contributed by atoms with Crippen molar-refractivity contribution in [3.05, 3.63) is 28.7 Å². The van der Waals surface area contributed by atoms with Crippen LogP contribution in [-0.4, -0.2) is 38.3 Å². The van der Waals surface area contributed by atoms with E-state index in [1.54, 1.807) is 0 Å². The van der Waals surface area contributed by atoms with E-state index in [4.69, 9.17) is 4.52 Å². The molecule has 1 saturated carbocycles. The van der Waals surface area contributed by atoms with Crippen LogP contribution in [0.5, 0.6) is 0 Å². The van der Waals surface area contributed by atoms with Gasteiger partial charge in [0, 0.05) is 31.1 Å². The van der Waals surface area contributed by atoms with Crippen molar-refractivity contribution in [3.8, 4) is 0 Å². The first kappa shape index (κ1) is 14.7. The topological polar surface area (TPSA) is 70.8 Å². The Morgan fingerprint density at radius 1 is 1.22 bits per heavy atom. The van der Waals surface area contributed by atoms with Gasteiger partial charge in [-0.1, -0.05) is 5.16 Å². The van der Waals surface area contributed by atoms with Gasteiger partial charge in [0.2, 0.25) is 5.89 Å². The fourth-order valence-corrected chi connectivity index (χ4v) is 3.03. The molecule has 1 fully saturated rings. The van der Waals surface area contributed by atoms with Crippen molar-refractivity contribution in [2.75, 3.05) is 13.1 Å². The van der Waals surface area contributed by atoms with Crippen LogP contribution >= 0.6 is 0 Å². The Kier molecular flexibility index (Phi) is 3.40. The number of hydrogen-bond acceptors (Lipinski definition) is 5. The number of fused-ring (bicyclic) bond motifs is 1. The summed E-state index contributed by atoms with van der Waals surface area (Å²) in [6.45, 7) is 1.71. The molecule has 2 aromatic rings. The summed E-state index contributed by atoms with van der Waals surface area (Å²) in [6.07, 6.45) is -0.525. The molecule has 6 nitrogen and oxygen atoms in total. The zero-order valence-corrected chi connectivity index (χ0v) is 12.4. The lowest BCUT2D eigenvalue weighted by atomic mass is 10.1. The van der Waals surface area contributed by atoms with Crippen molar-refractivity contribution >= 4 is 0 Å². The minimum absolute atomic E-state index is 0.00317. The quantitative estimate of drug-likeness (QED) is 0.936. The molecule has 23 heavy (non-hydrogen) atoms. The van der Waals surface area contributed by atoms with E-state index < -0.39 is 12.0 Å². The third-order valence-corrected chi connectivity index (χ3v) is 4.39. The molecule has 0 atom stereocenters. The van der Waals surface area contributed by atoms with Gasteiger partial charge in [-0.3, -0.25) is 10.00 Å². The fourth-order valence-electron chi connectivity index (χ4n) is 3.03. The van der Waals surface area contributed by atoms with Gasteiger partial charge in [-0.15, -0.1) is 0 Å². The van der Waals surface area contributed by atoms with E-state index >= 15 is 0 Å². The van der Waals surface area contributed by atoms with Crippen LogP contribution in [0.25, 0.3) is 0 Å². The van der Waals surface area contributed by atoms with E-state index in [0.29, 0.717) is 5.92 Å². The van der Waals surface area contributed by atoms with Gasteiger partial charge in [0.05, 0.1) is 12.2 Å². The van der Waals surface area contributed by atoms with E-state index in [9.17, 15) is 13.2 Å². The van der Waals surface area contributed by atoms with Crippen LogP contribution < -0.4 is 0 Å². The molecular formula is C14H16F3N5O. The van der Waals surface area contributed by atoms with Gasteiger partial charge in [-0.05, 0) is 24.8 Å². The van der Waals surface area contributed by atoms with Crippen molar-refractivity contribution in [1.82, 2.24) is 25.2 Å². The molecule has 9 heteroatoms. The summed E-state index contributed by atoms with van der Waals surface area (Å²) < 4.78 is 42.2. The van der Waals surface area contributed by atoms with Crippen molar-refractivity contribution < 1.29 is 17.7 Å². The number of hydrogen-bond donors (Lipinski definition) is 1. The Bertz CT molecular complexity index is 704. The summed E-state index contributed by atoms with van der Waals surface area (Å²) in [5.41, 5.74) is 3.62. The van der Waals surface area contributed by atoms with Gasteiger partial charge in [-0.2, -0.15) is 23.3 Å². The molecule has 0 aromatic carbocycles. The minimum atomic E-state index is -4.57. The molecule has 2 aliphatic rings. The highest BCUT2D eigenvalue weighted by Crippen LogP contribution is 2.41. The van der Waals surface area contributed by atoms with E-state index in [-0.39, 0.29) is 12.4 Å². The SMILES string of the molecule is FC(F)(F)c1noc(CN2CCc3[nH]nc(C4CC4)c3CC2)n1. The molecule has 2 aromatic heterocycles. The molecule has 0 saturated heterocycles. The first-order valence-electron chi connectivity index (χ1n) is 7.69. The second-order valence-corrected chi connectivity index (χ2v) is 6.13. The highest BCUT2D eigenvalue weighted by molar-refractivity contribution is 5.32. The Labute approximate surface area is 130 Å². The lowest BCUT2D eigenvalue weighted by Crippen LogP contribution is -2.26. The zero-order chi connectivity index (χ0) is 16.0. The maximum atomic E-state index is 12.5. The first-order chi connectivity index (χ1) is 11.0. The normalized spacial score (nSPS) is 19.6. The Hall–Kier alpha value is -1.90. The second-order valence-electron chi connectivity index (χ2n) is 6.13. The third-order valence-electron chi connectivity index (χ3n) is 4.39. The summed E-state index contributed by atoms with van der Waals surface area (Å²) in [4.78, 5) is 5.47. The molecule has 1 N–H and O–H groups in total. The predicted molar refractivity (Wildman–Crippen MR) is 72.5 cm³/mol. The standard InChI is InChI=1S/C14H16F3N5O/c15-14(16,17)13-18-11(23-21-13)7-22-5-3-9-10(4-6-22)19-20-12(9)8-1-2-8/h8H,1-7H2,(H,19,20). The van der Waals surface area contributed by atoms with Gasteiger partial charge >= 0.3 is 6.18 Å². The molecular weight excluding hydrogens is 311 g/mol. The minimum Gasteiger partial charge on any atom is -0.338 e. The van der Waals surface area contributed by atoms with E-state index in [1.165, 1.54) is 24.1 Å². The van der Waals surface area contributed by atoms with Gasteiger partial charge in [0.15, 0.2) is 0 Å². The smallest absolute Gasteiger partial charge is 0.338 e. The van der Waals surface area contributed by atoms with Crippen LogP contribution in [-0.2, 0) is 25.6 Å². The highest BCUT2D eigenvalue weighted by atomic mass is 19.4. The number of nitrogens with one attached hydrogen (secondary N) is 1. The van der Waals surface area contributed by atoms with Crippen LogP contribution in [0.4, 0.5) is 13.2 Å². The monoisotopic (exact) mass is 327 g/mol. The summed E-state index contributed by atoms with van der Waals surface area (Å²) in [7, 11) is 0. The number of halogens is 3. The van der Waals surface area contributed by atoms with Crippen molar-refractivity contribution in [2.45, 2.75) is 44.3 Å². The number of alkyl halides is 3. The molecule has 4 rings (SSSR count). The highest BCUT2D eigenvalue weighted by Gasteiger charge is 2.37. The number of nitrogens with zero attached hydrogens (tertiary/aromatic N) is 4. The Balaban J connectivity index is 1.43. The van der Waals surface area contributed by atoms with Crippen molar-refractivity contribution in [2.24, 2.45) is 0 Å². The van der Waals surface area contributed by atoms with Crippen LogP contribution in [0.2, 0.25) is 0 Å². The van der Waals surface area contributed by atoms with E-state index in [1.807, 2.05) is 4.90 Å². The molecule has 0 radical (unpaired) electrons. The van der Waals surface area contributed by atoms with E-state index in [0.717, 1.165) is 31.6 Å². The molecule has 124 valence electrons. The molecule has 1 aliphatic carbocycles. The lowest BCUT2D eigenvalue weighted by molar-refractivity contribution is -0.146. The average Bonchev–Trinajstić information content (AvgIpc) is 3.14. The predicted octanol–water partition coefficient (Wildman–Crippen LogP) is 2.29. The van der Waals surface area contributed by atoms with Gasteiger partial charge in [0.25, 0.3) is 5.82 Å². The lowest BCUT2D eigenvalue weighted by Gasteiger charge is -2.17. The molecule has 1 aliphatic heterocycles. The average molecular weight is 327 g/mol. The van der Waals surface area contributed by atoms with Gasteiger partial charge in [0.1, 0.15) is 0 Å². The van der Waals surface area contributed by atoms with Crippen LogP contribution in [0, 0.1) is 0 Å². The van der Waals surface area contributed by atoms with Crippen LogP contribution in [0.15, 0.2) is 4.52 Å². The largest absolute Gasteiger partial charge is 0.455 e. The van der Waals surface area contributed by atoms with Crippen molar-refractivity contribution in [3.63, 3.8) is 0 Å². The second kappa shape index (κ2) is 5.33. The maximum Gasteiger partial charge on any atom is 0.455 e. The summed E-state index contributed by atoms with van der Waals surface area (Å²) >= 11 is 0. The number of rotatable bonds is 3. The summed E-state index contributed by atoms with van der Waals surface area (Å²) in [6, 6.07) is 0. The zero-order valence-electron chi connectivity index (χ0n) is 12.4. The van der Waals surface area contributed by atoms with Crippen LogP contribution in [0.3, 0.4) is 0 Å². The third kappa shape index (κ3) is 2.97. The van der Waals surface area contributed by atoms with Gasteiger partial charge < -0.3 is 4.52 Å². The fraction of sp³-hybridized carbons (Fsp3) is 0.643.